The smallest absolute Gasteiger partial charge is 0.293 e. The van der Waals surface area contributed by atoms with E-state index in [1.54, 1.807) is 36.4 Å². The first-order valence-corrected chi connectivity index (χ1v) is 9.22. The highest BCUT2D eigenvalue weighted by atomic mass is 35.5. The third-order valence-corrected chi connectivity index (χ3v) is 4.39. The first kappa shape index (κ1) is 20.6. The lowest BCUT2D eigenvalue weighted by molar-refractivity contribution is -0.384. The molecule has 2 aromatic carbocycles. The zero-order chi connectivity index (χ0) is 20.6. The van der Waals surface area contributed by atoms with Crippen LogP contribution in [0.25, 0.3) is 0 Å². The van der Waals surface area contributed by atoms with Gasteiger partial charge in [-0.25, -0.2) is 5.43 Å². The maximum Gasteiger partial charge on any atom is 0.293 e. The Balaban J connectivity index is 1.58. The number of halogens is 1. The van der Waals surface area contributed by atoms with E-state index in [0.717, 1.165) is 0 Å². The Bertz CT molecular complexity index is 898. The molecule has 1 aliphatic heterocycles. The van der Waals surface area contributed by atoms with Gasteiger partial charge >= 0.3 is 0 Å². The molecule has 3 rings (SSSR count). The topological polar surface area (TPSA) is 106 Å². The van der Waals surface area contributed by atoms with Gasteiger partial charge in [0, 0.05) is 29.7 Å². The highest BCUT2D eigenvalue weighted by Crippen LogP contribution is 2.29. The summed E-state index contributed by atoms with van der Waals surface area (Å²) in [6, 6.07) is 11.4. The number of rotatable bonds is 7. The van der Waals surface area contributed by atoms with E-state index in [1.807, 2.05) is 4.90 Å². The molecule has 0 aromatic heterocycles. The van der Waals surface area contributed by atoms with E-state index in [4.69, 9.17) is 21.1 Å². The Morgan fingerprint density at radius 1 is 1.28 bits per heavy atom. The summed E-state index contributed by atoms with van der Waals surface area (Å²) in [5.74, 6) is 0.0403. The van der Waals surface area contributed by atoms with Crippen molar-refractivity contribution in [3.63, 3.8) is 0 Å². The number of anilines is 1. The summed E-state index contributed by atoms with van der Waals surface area (Å²) in [5, 5.41) is 15.8. The average molecular weight is 419 g/mol. The van der Waals surface area contributed by atoms with E-state index < -0.39 is 10.8 Å². The second-order valence-corrected chi connectivity index (χ2v) is 6.58. The molecule has 0 radical (unpaired) electrons. The molecular weight excluding hydrogens is 400 g/mol. The van der Waals surface area contributed by atoms with Crippen LogP contribution in [0.5, 0.6) is 5.75 Å². The Morgan fingerprint density at radius 2 is 2.00 bits per heavy atom. The number of carbonyl (C=O) groups excluding carboxylic acids is 1. The predicted octanol–water partition coefficient (Wildman–Crippen LogP) is 2.61. The number of carbonyl (C=O) groups is 1. The molecule has 1 fully saturated rings. The van der Waals surface area contributed by atoms with E-state index in [2.05, 4.69) is 10.5 Å². The summed E-state index contributed by atoms with van der Waals surface area (Å²) in [4.78, 5) is 24.7. The fraction of sp³-hybridized carbons (Fsp3) is 0.263. The Kier molecular flexibility index (Phi) is 6.99. The summed E-state index contributed by atoms with van der Waals surface area (Å²) in [7, 11) is 0. The van der Waals surface area contributed by atoms with Crippen LogP contribution in [0, 0.1) is 10.1 Å². The zero-order valence-electron chi connectivity index (χ0n) is 15.4. The van der Waals surface area contributed by atoms with Crippen LogP contribution >= 0.6 is 11.6 Å². The molecule has 1 heterocycles. The van der Waals surface area contributed by atoms with Gasteiger partial charge in [-0.1, -0.05) is 17.7 Å². The van der Waals surface area contributed by atoms with Crippen molar-refractivity contribution in [2.24, 2.45) is 5.10 Å². The minimum atomic E-state index is -0.462. The van der Waals surface area contributed by atoms with Crippen molar-refractivity contribution < 1.29 is 19.2 Å². The number of benzene rings is 2. The SMILES string of the molecule is O=C(COc1ccc(Cl)cc1)N/N=C\c1ccc(N2CCOCC2)c([N+](=O)[O-])c1. The van der Waals surface area contributed by atoms with Crippen LogP contribution in [0.4, 0.5) is 11.4 Å². The number of hydrogen-bond donors (Lipinski definition) is 1. The largest absolute Gasteiger partial charge is 0.484 e. The fourth-order valence-corrected chi connectivity index (χ4v) is 2.86. The molecule has 0 saturated carbocycles. The van der Waals surface area contributed by atoms with Crippen molar-refractivity contribution in [3.8, 4) is 5.75 Å². The molecule has 0 atom stereocenters. The molecule has 29 heavy (non-hydrogen) atoms. The highest BCUT2D eigenvalue weighted by Gasteiger charge is 2.21. The van der Waals surface area contributed by atoms with E-state index >= 15 is 0 Å². The molecule has 152 valence electrons. The zero-order valence-corrected chi connectivity index (χ0v) is 16.2. The first-order chi connectivity index (χ1) is 14.0. The maximum atomic E-state index is 11.8. The number of hydrogen-bond acceptors (Lipinski definition) is 7. The molecule has 2 aromatic rings. The number of ether oxygens (including phenoxy) is 2. The second-order valence-electron chi connectivity index (χ2n) is 6.14. The number of nitrogens with one attached hydrogen (secondary N) is 1. The van der Waals surface area contributed by atoms with Crippen molar-refractivity contribution >= 4 is 35.1 Å². The molecule has 0 bridgehead atoms. The normalized spacial score (nSPS) is 14.0. The lowest BCUT2D eigenvalue weighted by Gasteiger charge is -2.28. The number of nitro benzene ring substituents is 1. The molecule has 0 unspecified atom stereocenters. The quantitative estimate of drug-likeness (QED) is 0.421. The van der Waals surface area contributed by atoms with Crippen molar-refractivity contribution in [3.05, 3.63) is 63.2 Å². The van der Waals surface area contributed by atoms with Crippen molar-refractivity contribution in [1.82, 2.24) is 5.43 Å². The van der Waals surface area contributed by atoms with Crippen LogP contribution in [0.3, 0.4) is 0 Å². The Hall–Kier alpha value is -3.17. The van der Waals surface area contributed by atoms with Crippen molar-refractivity contribution in [1.29, 1.82) is 0 Å². The molecule has 1 amide bonds. The molecule has 1 N–H and O–H groups in total. The number of amides is 1. The first-order valence-electron chi connectivity index (χ1n) is 8.84. The third-order valence-electron chi connectivity index (χ3n) is 4.13. The van der Waals surface area contributed by atoms with Gasteiger partial charge in [0.15, 0.2) is 6.61 Å². The Morgan fingerprint density at radius 3 is 2.69 bits per heavy atom. The predicted molar refractivity (Wildman–Crippen MR) is 109 cm³/mol. The van der Waals surface area contributed by atoms with Crippen LogP contribution in [0.15, 0.2) is 47.6 Å². The third kappa shape index (κ3) is 5.90. The molecule has 0 spiro atoms. The monoisotopic (exact) mass is 418 g/mol. The van der Waals surface area contributed by atoms with Gasteiger partial charge in [0.1, 0.15) is 11.4 Å². The van der Waals surface area contributed by atoms with E-state index in [-0.39, 0.29) is 12.3 Å². The molecule has 1 aliphatic rings. The van der Waals surface area contributed by atoms with Crippen molar-refractivity contribution in [2.45, 2.75) is 0 Å². The van der Waals surface area contributed by atoms with E-state index in [0.29, 0.717) is 48.3 Å². The van der Waals surface area contributed by atoms with E-state index in [1.165, 1.54) is 12.3 Å². The van der Waals surface area contributed by atoms with Gasteiger partial charge in [0.05, 0.1) is 24.4 Å². The van der Waals surface area contributed by atoms with Crippen LogP contribution in [-0.4, -0.2) is 50.0 Å². The summed E-state index contributed by atoms with van der Waals surface area (Å²) in [5.41, 5.74) is 3.33. The van der Waals surface area contributed by atoms with Gasteiger partial charge in [-0.3, -0.25) is 14.9 Å². The van der Waals surface area contributed by atoms with Crippen LogP contribution in [-0.2, 0) is 9.53 Å². The van der Waals surface area contributed by atoms with Gasteiger partial charge in [0.2, 0.25) is 0 Å². The summed E-state index contributed by atoms with van der Waals surface area (Å²) in [6.45, 7) is 2.03. The van der Waals surface area contributed by atoms with Crippen LogP contribution in [0.1, 0.15) is 5.56 Å². The van der Waals surface area contributed by atoms with E-state index in [9.17, 15) is 14.9 Å². The number of nitro groups is 1. The van der Waals surface area contributed by atoms with Gasteiger partial charge in [-0.2, -0.15) is 5.10 Å². The standard InChI is InChI=1S/C19H19ClN4O5/c20-15-2-4-16(5-3-15)29-13-19(25)22-21-12-14-1-6-17(18(11-14)24(26)27)23-7-9-28-10-8-23/h1-6,11-12H,7-10,13H2,(H,22,25)/b21-12-. The molecule has 9 nitrogen and oxygen atoms in total. The highest BCUT2D eigenvalue weighted by molar-refractivity contribution is 6.30. The lowest BCUT2D eigenvalue weighted by atomic mass is 10.1. The van der Waals surface area contributed by atoms with Gasteiger partial charge < -0.3 is 14.4 Å². The second kappa shape index (κ2) is 9.85. The molecule has 0 aliphatic carbocycles. The summed E-state index contributed by atoms with van der Waals surface area (Å²) >= 11 is 5.78. The minimum absolute atomic E-state index is 0.0201. The number of morpholine rings is 1. The summed E-state index contributed by atoms with van der Waals surface area (Å²) in [6.07, 6.45) is 1.34. The minimum Gasteiger partial charge on any atom is -0.484 e. The van der Waals surface area contributed by atoms with Crippen LogP contribution in [0.2, 0.25) is 5.02 Å². The lowest BCUT2D eigenvalue weighted by Crippen LogP contribution is -2.36. The molecular formula is C19H19ClN4O5. The van der Waals surface area contributed by atoms with Gasteiger partial charge in [-0.15, -0.1) is 0 Å². The van der Waals surface area contributed by atoms with Gasteiger partial charge in [-0.05, 0) is 30.3 Å². The maximum absolute atomic E-state index is 11.8. The van der Waals surface area contributed by atoms with Crippen molar-refractivity contribution in [2.75, 3.05) is 37.8 Å². The number of hydrazone groups is 1. The molecule has 1 saturated heterocycles. The van der Waals surface area contributed by atoms with Gasteiger partial charge in [0.25, 0.3) is 11.6 Å². The molecule has 10 heteroatoms. The average Bonchev–Trinajstić information content (AvgIpc) is 2.74. The summed E-state index contributed by atoms with van der Waals surface area (Å²) < 4.78 is 10.6. The fourth-order valence-electron chi connectivity index (χ4n) is 2.73. The van der Waals surface area contributed by atoms with Crippen LogP contribution < -0.4 is 15.1 Å². The number of nitrogens with zero attached hydrogens (tertiary/aromatic N) is 3. The Labute approximate surface area is 172 Å².